The quantitative estimate of drug-likeness (QED) is 0.435. The molecule has 2 nitrogen and oxygen atoms in total. The first-order chi connectivity index (χ1) is 5.20. The molecule has 0 fully saturated rings. The van der Waals surface area contributed by atoms with Crippen molar-refractivity contribution in [3.63, 3.8) is 0 Å². The lowest BCUT2D eigenvalue weighted by Gasteiger charge is -2.11. The van der Waals surface area contributed by atoms with E-state index >= 15 is 0 Å². The van der Waals surface area contributed by atoms with Crippen LogP contribution in [0, 0.1) is 5.92 Å². The molecule has 0 amide bonds. The molecule has 0 aromatic rings. The zero-order chi connectivity index (χ0) is 8.69. The Labute approximate surface area is 81.8 Å². The smallest absolute Gasteiger partial charge is 0.302 e. The fraction of sp³-hybridized carbons (Fsp3) is 0.875. The Bertz CT molecular complexity index is 115. The Hall–Kier alpha value is 0.200. The number of rotatable bonds is 5. The molecule has 0 N–H and O–H groups in total. The van der Waals surface area contributed by atoms with Crippen molar-refractivity contribution >= 4 is 28.6 Å². The average molecular weight is 270 g/mol. The van der Waals surface area contributed by atoms with E-state index in [1.807, 2.05) is 0 Å². The van der Waals surface area contributed by atoms with Crippen molar-refractivity contribution in [1.82, 2.24) is 0 Å². The second-order valence-corrected chi connectivity index (χ2v) is 3.49. The average Bonchev–Trinajstić information content (AvgIpc) is 1.97. The topological polar surface area (TPSA) is 26.3 Å². The van der Waals surface area contributed by atoms with Crippen LogP contribution in [0.15, 0.2) is 0 Å². The molecule has 0 aliphatic carbocycles. The van der Waals surface area contributed by atoms with Crippen molar-refractivity contribution in [2.45, 2.75) is 26.7 Å². The fourth-order valence-corrected chi connectivity index (χ4v) is 1.54. The molecule has 3 heteroatoms. The van der Waals surface area contributed by atoms with Gasteiger partial charge in [-0.2, -0.15) is 0 Å². The van der Waals surface area contributed by atoms with Crippen molar-refractivity contribution in [3.8, 4) is 0 Å². The highest BCUT2D eigenvalue weighted by atomic mass is 127. The van der Waals surface area contributed by atoms with Gasteiger partial charge in [0.2, 0.25) is 0 Å². The lowest BCUT2D eigenvalue weighted by molar-refractivity contribution is -0.142. The van der Waals surface area contributed by atoms with Crippen LogP contribution in [0.2, 0.25) is 0 Å². The summed E-state index contributed by atoms with van der Waals surface area (Å²) in [5.41, 5.74) is 0. The van der Waals surface area contributed by atoms with Gasteiger partial charge in [-0.3, -0.25) is 4.79 Å². The molecule has 0 saturated carbocycles. The zero-order valence-corrected chi connectivity index (χ0v) is 9.26. The molecule has 0 spiro atoms. The van der Waals surface area contributed by atoms with E-state index in [9.17, 15) is 4.79 Å². The first kappa shape index (κ1) is 11.2. The first-order valence-corrected chi connectivity index (χ1v) is 5.42. The lowest BCUT2D eigenvalue weighted by Crippen LogP contribution is -2.13. The summed E-state index contributed by atoms with van der Waals surface area (Å²) < 4.78 is 5.97. The van der Waals surface area contributed by atoms with E-state index in [1.165, 1.54) is 6.92 Å². The van der Waals surface area contributed by atoms with Gasteiger partial charge in [0.25, 0.3) is 0 Å². The van der Waals surface area contributed by atoms with Crippen LogP contribution in [0.25, 0.3) is 0 Å². The molecule has 0 unspecified atom stereocenters. The lowest BCUT2D eigenvalue weighted by atomic mass is 10.1. The van der Waals surface area contributed by atoms with Gasteiger partial charge in [-0.1, -0.05) is 35.9 Å². The van der Waals surface area contributed by atoms with Crippen LogP contribution in [0.5, 0.6) is 0 Å². The zero-order valence-electron chi connectivity index (χ0n) is 7.10. The van der Waals surface area contributed by atoms with Crippen LogP contribution in [0.4, 0.5) is 0 Å². The maximum Gasteiger partial charge on any atom is 0.302 e. The molecule has 0 saturated heterocycles. The number of carbonyl (C=O) groups is 1. The van der Waals surface area contributed by atoms with Gasteiger partial charge in [-0.25, -0.2) is 0 Å². The summed E-state index contributed by atoms with van der Waals surface area (Å²) in [7, 11) is 0. The number of carbonyl (C=O) groups excluding carboxylic acids is 1. The van der Waals surface area contributed by atoms with Gasteiger partial charge in [-0.05, 0) is 6.42 Å². The number of hydrogen-bond donors (Lipinski definition) is 0. The molecule has 0 radical (unpaired) electrons. The Morgan fingerprint density at radius 3 is 2.64 bits per heavy atom. The summed E-state index contributed by atoms with van der Waals surface area (Å²) in [5, 5.41) is 0. The molecular weight excluding hydrogens is 255 g/mol. The molecule has 11 heavy (non-hydrogen) atoms. The van der Waals surface area contributed by atoms with E-state index in [4.69, 9.17) is 4.74 Å². The predicted octanol–water partition coefficient (Wildman–Crippen LogP) is 2.40. The highest BCUT2D eigenvalue weighted by molar-refractivity contribution is 14.1. The van der Waals surface area contributed by atoms with Gasteiger partial charge < -0.3 is 4.74 Å². The largest absolute Gasteiger partial charge is 0.466 e. The summed E-state index contributed by atoms with van der Waals surface area (Å²) in [6.07, 6.45) is 2.31. The monoisotopic (exact) mass is 270 g/mol. The Morgan fingerprint density at radius 1 is 1.64 bits per heavy atom. The van der Waals surface area contributed by atoms with Crippen molar-refractivity contribution in [3.05, 3.63) is 0 Å². The second-order valence-electron chi connectivity index (χ2n) is 2.61. The third-order valence-corrected chi connectivity index (χ3v) is 2.68. The molecule has 0 heterocycles. The number of ether oxygens (including phenoxy) is 1. The van der Waals surface area contributed by atoms with Crippen molar-refractivity contribution < 1.29 is 9.53 Å². The normalized spacial score (nSPS) is 12.6. The minimum atomic E-state index is -0.170. The van der Waals surface area contributed by atoms with Crippen LogP contribution >= 0.6 is 22.6 Å². The molecule has 66 valence electrons. The van der Waals surface area contributed by atoms with Crippen molar-refractivity contribution in [1.29, 1.82) is 0 Å². The van der Waals surface area contributed by atoms with Crippen molar-refractivity contribution in [2.24, 2.45) is 5.92 Å². The maximum absolute atomic E-state index is 10.4. The van der Waals surface area contributed by atoms with Crippen LogP contribution in [-0.4, -0.2) is 17.0 Å². The molecule has 0 aliphatic heterocycles. The van der Waals surface area contributed by atoms with Crippen LogP contribution < -0.4 is 0 Å². The highest BCUT2D eigenvalue weighted by Gasteiger charge is 2.06. The maximum atomic E-state index is 10.4. The van der Waals surface area contributed by atoms with Crippen LogP contribution in [0.3, 0.4) is 0 Å². The van der Waals surface area contributed by atoms with E-state index in [-0.39, 0.29) is 5.97 Å². The second kappa shape index (κ2) is 6.88. The number of halogens is 1. The minimum Gasteiger partial charge on any atom is -0.466 e. The van der Waals surface area contributed by atoms with Gasteiger partial charge in [0.05, 0.1) is 6.61 Å². The molecule has 0 aliphatic rings. The van der Waals surface area contributed by atoms with Gasteiger partial charge in [-0.15, -0.1) is 0 Å². The van der Waals surface area contributed by atoms with Crippen molar-refractivity contribution in [2.75, 3.05) is 11.0 Å². The minimum absolute atomic E-state index is 0.170. The summed E-state index contributed by atoms with van der Waals surface area (Å²) in [6.45, 7) is 4.19. The molecular formula is C8H15IO2. The van der Waals surface area contributed by atoms with Gasteiger partial charge >= 0.3 is 5.97 Å². The Kier molecular flexibility index (Phi) is 7.01. The Morgan fingerprint density at radius 2 is 2.27 bits per heavy atom. The third-order valence-electron chi connectivity index (χ3n) is 1.44. The predicted molar refractivity (Wildman–Crippen MR) is 53.9 cm³/mol. The summed E-state index contributed by atoms with van der Waals surface area (Å²) in [5.74, 6) is 0.375. The van der Waals surface area contributed by atoms with Gasteiger partial charge in [0, 0.05) is 17.3 Å². The van der Waals surface area contributed by atoms with E-state index in [1.54, 1.807) is 0 Å². The summed E-state index contributed by atoms with van der Waals surface area (Å²) >= 11 is 2.33. The highest BCUT2D eigenvalue weighted by Crippen LogP contribution is 2.10. The number of esters is 1. The van der Waals surface area contributed by atoms with Crippen LogP contribution in [-0.2, 0) is 9.53 Å². The first-order valence-electron chi connectivity index (χ1n) is 3.90. The Balaban J connectivity index is 3.43. The summed E-state index contributed by atoms with van der Waals surface area (Å²) in [4.78, 5) is 10.4. The number of hydrogen-bond acceptors (Lipinski definition) is 2. The molecule has 0 bridgehead atoms. The fourth-order valence-electron chi connectivity index (χ4n) is 0.848. The van der Waals surface area contributed by atoms with Gasteiger partial charge in [0.1, 0.15) is 0 Å². The number of alkyl halides is 1. The van der Waals surface area contributed by atoms with E-state index < -0.39 is 0 Å². The van der Waals surface area contributed by atoms with E-state index in [0.717, 1.165) is 17.3 Å². The van der Waals surface area contributed by atoms with Gasteiger partial charge in [0.15, 0.2) is 0 Å². The molecule has 0 aromatic heterocycles. The molecule has 0 aromatic carbocycles. The van der Waals surface area contributed by atoms with Crippen LogP contribution in [0.1, 0.15) is 26.7 Å². The molecule has 1 atom stereocenters. The SMILES string of the molecule is CCC[C@@H](CI)COC(C)=O. The summed E-state index contributed by atoms with van der Waals surface area (Å²) in [6, 6.07) is 0. The standard InChI is InChI=1S/C8H15IO2/c1-3-4-8(5-9)6-11-7(2)10/h8H,3-6H2,1-2H3/t8-/m0/s1. The molecule has 0 rings (SSSR count). The van der Waals surface area contributed by atoms with E-state index in [2.05, 4.69) is 29.5 Å². The van der Waals surface area contributed by atoms with E-state index in [0.29, 0.717) is 12.5 Å². The third kappa shape index (κ3) is 6.59.